The number of furan rings is 1. The van der Waals surface area contributed by atoms with Gasteiger partial charge < -0.3 is 19.8 Å². The van der Waals surface area contributed by atoms with Crippen LogP contribution in [0.3, 0.4) is 0 Å². The molecule has 3 rings (SSSR count). The molecular formula is C19H19F3N2O4. The Morgan fingerprint density at radius 2 is 2.00 bits per heavy atom. The normalized spacial score (nSPS) is 15.1. The van der Waals surface area contributed by atoms with Crippen molar-refractivity contribution in [2.24, 2.45) is 5.92 Å². The van der Waals surface area contributed by atoms with Crippen LogP contribution < -0.4 is 10.6 Å². The fraction of sp³-hybridized carbons (Fsp3) is 0.368. The minimum absolute atomic E-state index is 0.0606. The molecule has 1 aromatic carbocycles. The van der Waals surface area contributed by atoms with Gasteiger partial charge in [0.25, 0.3) is 11.8 Å². The van der Waals surface area contributed by atoms with Crippen LogP contribution in [-0.4, -0.2) is 24.5 Å². The molecule has 0 saturated heterocycles. The molecule has 1 fully saturated rings. The molecule has 2 aromatic rings. The second-order valence-electron chi connectivity index (χ2n) is 6.63. The Labute approximate surface area is 159 Å². The first-order valence-corrected chi connectivity index (χ1v) is 8.71. The largest absolute Gasteiger partial charge is 0.472 e. The van der Waals surface area contributed by atoms with E-state index in [0.717, 1.165) is 25.0 Å². The lowest BCUT2D eigenvalue weighted by atomic mass is 10.1. The van der Waals surface area contributed by atoms with Gasteiger partial charge in [0.15, 0.2) is 0 Å². The van der Waals surface area contributed by atoms with Gasteiger partial charge in [-0.15, -0.1) is 0 Å². The number of anilines is 2. The third-order valence-electron chi connectivity index (χ3n) is 4.27. The molecule has 1 aromatic heterocycles. The molecule has 1 aliphatic carbocycles. The second-order valence-corrected chi connectivity index (χ2v) is 6.63. The predicted octanol–water partition coefficient (Wildman–Crippen LogP) is 4.30. The molecule has 28 heavy (non-hydrogen) atoms. The van der Waals surface area contributed by atoms with Crippen LogP contribution in [0.1, 0.15) is 35.7 Å². The van der Waals surface area contributed by atoms with Gasteiger partial charge in [-0.05, 0) is 49.9 Å². The minimum atomic E-state index is -4.73. The van der Waals surface area contributed by atoms with E-state index in [1.807, 2.05) is 0 Å². The summed E-state index contributed by atoms with van der Waals surface area (Å²) in [5, 5.41) is 4.62. The standard InChI is InChI=1S/C19H19F3N2O4/c1-11(28-9-12-2-3-12)17(25)24-16-5-4-14(8-15(16)19(20,21)22)23-18(26)13-6-7-27-10-13/h4-8,10-12H,2-3,9H2,1H3,(H,23,26)(H,24,25). The molecule has 1 aliphatic rings. The Hall–Kier alpha value is -2.81. The summed E-state index contributed by atoms with van der Waals surface area (Å²) in [5.41, 5.74) is -1.36. The number of ether oxygens (including phenoxy) is 1. The van der Waals surface area contributed by atoms with Gasteiger partial charge in [-0.2, -0.15) is 13.2 Å². The van der Waals surface area contributed by atoms with E-state index in [1.165, 1.54) is 31.6 Å². The lowest BCUT2D eigenvalue weighted by Gasteiger charge is -2.18. The molecule has 9 heteroatoms. The molecule has 0 radical (unpaired) electrons. The van der Waals surface area contributed by atoms with Gasteiger partial charge in [0.1, 0.15) is 12.4 Å². The van der Waals surface area contributed by atoms with E-state index >= 15 is 0 Å². The van der Waals surface area contributed by atoms with E-state index in [4.69, 9.17) is 9.15 Å². The fourth-order valence-electron chi connectivity index (χ4n) is 2.44. The quantitative estimate of drug-likeness (QED) is 0.731. The van der Waals surface area contributed by atoms with E-state index < -0.39 is 35.3 Å². The maximum Gasteiger partial charge on any atom is 0.418 e. The SMILES string of the molecule is CC(OCC1CC1)C(=O)Nc1ccc(NC(=O)c2ccoc2)cc1C(F)(F)F. The summed E-state index contributed by atoms with van der Waals surface area (Å²) >= 11 is 0. The highest BCUT2D eigenvalue weighted by Gasteiger charge is 2.35. The van der Waals surface area contributed by atoms with Crippen LogP contribution in [0, 0.1) is 5.92 Å². The van der Waals surface area contributed by atoms with Crippen molar-refractivity contribution in [3.05, 3.63) is 47.9 Å². The van der Waals surface area contributed by atoms with Crippen molar-refractivity contribution in [2.45, 2.75) is 32.0 Å². The second kappa shape index (κ2) is 8.05. The number of carbonyl (C=O) groups is 2. The monoisotopic (exact) mass is 396 g/mol. The van der Waals surface area contributed by atoms with Gasteiger partial charge in [-0.25, -0.2) is 0 Å². The van der Waals surface area contributed by atoms with Crippen LogP contribution in [0.5, 0.6) is 0 Å². The highest BCUT2D eigenvalue weighted by Crippen LogP contribution is 2.37. The molecule has 0 bridgehead atoms. The van der Waals surface area contributed by atoms with Crippen molar-refractivity contribution in [1.82, 2.24) is 0 Å². The van der Waals surface area contributed by atoms with Crippen molar-refractivity contribution in [1.29, 1.82) is 0 Å². The van der Waals surface area contributed by atoms with Crippen LogP contribution in [0.4, 0.5) is 24.5 Å². The highest BCUT2D eigenvalue weighted by molar-refractivity contribution is 6.04. The maximum atomic E-state index is 13.4. The fourth-order valence-corrected chi connectivity index (χ4v) is 2.44. The highest BCUT2D eigenvalue weighted by atomic mass is 19.4. The number of amides is 2. The summed E-state index contributed by atoms with van der Waals surface area (Å²) in [4.78, 5) is 24.1. The average molecular weight is 396 g/mol. The average Bonchev–Trinajstić information content (AvgIpc) is 3.30. The zero-order valence-corrected chi connectivity index (χ0v) is 15.0. The number of rotatable bonds is 7. The molecule has 1 unspecified atom stereocenters. The van der Waals surface area contributed by atoms with Crippen molar-refractivity contribution in [2.75, 3.05) is 17.2 Å². The third-order valence-corrected chi connectivity index (χ3v) is 4.27. The van der Waals surface area contributed by atoms with Crippen molar-refractivity contribution >= 4 is 23.2 Å². The van der Waals surface area contributed by atoms with E-state index in [0.29, 0.717) is 12.5 Å². The van der Waals surface area contributed by atoms with E-state index in [2.05, 4.69) is 10.6 Å². The minimum Gasteiger partial charge on any atom is -0.472 e. The van der Waals surface area contributed by atoms with Crippen LogP contribution in [0.15, 0.2) is 41.2 Å². The summed E-state index contributed by atoms with van der Waals surface area (Å²) in [6.45, 7) is 1.91. The number of alkyl halides is 3. The Bertz CT molecular complexity index is 845. The molecule has 6 nitrogen and oxygen atoms in total. The molecule has 150 valence electrons. The molecule has 1 saturated carbocycles. The Balaban J connectivity index is 1.73. The maximum absolute atomic E-state index is 13.4. The molecule has 1 atom stereocenters. The summed E-state index contributed by atoms with van der Waals surface area (Å²) in [5.74, 6) is -0.846. The molecule has 0 spiro atoms. The number of hydrogen-bond acceptors (Lipinski definition) is 4. The smallest absolute Gasteiger partial charge is 0.418 e. The number of hydrogen-bond donors (Lipinski definition) is 2. The first kappa shape index (κ1) is 19.9. The zero-order valence-electron chi connectivity index (χ0n) is 15.0. The Morgan fingerprint density at radius 1 is 1.25 bits per heavy atom. The summed E-state index contributed by atoms with van der Waals surface area (Å²) < 4.78 is 50.5. The molecule has 1 heterocycles. The third kappa shape index (κ3) is 5.13. The van der Waals surface area contributed by atoms with Crippen LogP contribution >= 0.6 is 0 Å². The Morgan fingerprint density at radius 3 is 2.61 bits per heavy atom. The van der Waals surface area contributed by atoms with E-state index in [-0.39, 0.29) is 11.3 Å². The van der Waals surface area contributed by atoms with Gasteiger partial charge in [-0.3, -0.25) is 9.59 Å². The van der Waals surface area contributed by atoms with Gasteiger partial charge in [0.2, 0.25) is 0 Å². The molecule has 2 N–H and O–H groups in total. The zero-order chi connectivity index (χ0) is 20.3. The molecule has 0 aliphatic heterocycles. The van der Waals surface area contributed by atoms with Crippen molar-refractivity contribution < 1.29 is 31.9 Å². The summed E-state index contributed by atoms with van der Waals surface area (Å²) in [6.07, 6.45) is -1.06. The number of carbonyl (C=O) groups excluding carboxylic acids is 2. The van der Waals surface area contributed by atoms with Gasteiger partial charge >= 0.3 is 6.18 Å². The molecule has 2 amide bonds. The first-order chi connectivity index (χ1) is 13.2. The van der Waals surface area contributed by atoms with Crippen LogP contribution in [0.25, 0.3) is 0 Å². The number of nitrogens with one attached hydrogen (secondary N) is 2. The van der Waals surface area contributed by atoms with E-state index in [1.54, 1.807) is 0 Å². The van der Waals surface area contributed by atoms with Crippen LogP contribution in [0.2, 0.25) is 0 Å². The molecular weight excluding hydrogens is 377 g/mol. The van der Waals surface area contributed by atoms with Gasteiger partial charge in [0, 0.05) is 5.69 Å². The van der Waals surface area contributed by atoms with Gasteiger partial charge in [0.05, 0.1) is 29.7 Å². The van der Waals surface area contributed by atoms with Crippen molar-refractivity contribution in [3.8, 4) is 0 Å². The first-order valence-electron chi connectivity index (χ1n) is 8.71. The van der Waals surface area contributed by atoms with Crippen LogP contribution in [-0.2, 0) is 15.7 Å². The number of halogens is 3. The summed E-state index contributed by atoms with van der Waals surface area (Å²) in [6, 6.07) is 4.53. The lowest BCUT2D eigenvalue weighted by Crippen LogP contribution is -2.29. The lowest BCUT2D eigenvalue weighted by molar-refractivity contribution is -0.137. The topological polar surface area (TPSA) is 80.6 Å². The van der Waals surface area contributed by atoms with E-state index in [9.17, 15) is 22.8 Å². The van der Waals surface area contributed by atoms with Gasteiger partial charge in [-0.1, -0.05) is 0 Å². The Kier molecular flexibility index (Phi) is 5.73. The predicted molar refractivity (Wildman–Crippen MR) is 94.9 cm³/mol. The summed E-state index contributed by atoms with van der Waals surface area (Å²) in [7, 11) is 0. The van der Waals surface area contributed by atoms with Crippen molar-refractivity contribution in [3.63, 3.8) is 0 Å². The number of benzene rings is 1.